The second kappa shape index (κ2) is 3.89. The quantitative estimate of drug-likeness (QED) is 0.415. The van der Waals surface area contributed by atoms with Crippen molar-refractivity contribution in [1.82, 2.24) is 0 Å². The molecule has 0 saturated heterocycles. The maximum atomic E-state index is 12.2. The lowest BCUT2D eigenvalue weighted by Crippen LogP contribution is -2.46. The number of alkyl halides is 6. The Morgan fingerprint density at radius 2 is 1.71 bits per heavy atom. The molecule has 14 heavy (non-hydrogen) atoms. The third kappa shape index (κ3) is 2.64. The van der Waals surface area contributed by atoms with Gasteiger partial charge in [0.1, 0.15) is 0 Å². The highest BCUT2D eigenvalue weighted by molar-refractivity contribution is 5.81. The highest BCUT2D eigenvalue weighted by Gasteiger charge is 2.65. The van der Waals surface area contributed by atoms with E-state index in [0.29, 0.717) is 0 Å². The Morgan fingerprint density at radius 1 is 1.29 bits per heavy atom. The number of ether oxygens (including phenoxy) is 1. The number of halogens is 6. The lowest BCUT2D eigenvalue weighted by Gasteiger charge is -2.22. The van der Waals surface area contributed by atoms with Crippen molar-refractivity contribution in [2.45, 2.75) is 18.5 Å². The van der Waals surface area contributed by atoms with Gasteiger partial charge in [-0.15, -0.1) is 0 Å². The van der Waals surface area contributed by atoms with Crippen LogP contribution < -0.4 is 0 Å². The average Bonchev–Trinajstić information content (AvgIpc) is 2.01. The number of hydrogen-bond donors (Lipinski definition) is 0. The van der Waals surface area contributed by atoms with E-state index in [1.54, 1.807) is 0 Å². The first-order valence-electron chi connectivity index (χ1n) is 3.04. The van der Waals surface area contributed by atoms with Crippen LogP contribution in [0.2, 0.25) is 0 Å². The predicted molar refractivity (Wildman–Crippen MR) is 32.2 cm³/mol. The van der Waals surface area contributed by atoms with Crippen LogP contribution in [0.25, 0.3) is 0 Å². The van der Waals surface area contributed by atoms with Crippen LogP contribution in [-0.2, 0) is 9.53 Å². The van der Waals surface area contributed by atoms with Gasteiger partial charge in [0.2, 0.25) is 0 Å². The van der Waals surface area contributed by atoms with Crippen molar-refractivity contribution in [3.8, 4) is 0 Å². The molecule has 0 N–H and O–H groups in total. The molecule has 0 spiro atoms. The predicted octanol–water partition coefficient (Wildman–Crippen LogP) is 2.21. The number of esters is 1. The molecule has 1 unspecified atom stereocenters. The van der Waals surface area contributed by atoms with Gasteiger partial charge in [-0.25, -0.2) is 4.79 Å². The Hall–Kier alpha value is -1.21. The average molecular weight is 222 g/mol. The summed E-state index contributed by atoms with van der Waals surface area (Å²) in [5.41, 5.74) is 0. The normalized spacial score (nSPS) is 14.7. The fourth-order valence-corrected chi connectivity index (χ4v) is 0.353. The molecule has 2 nitrogen and oxygen atoms in total. The van der Waals surface area contributed by atoms with E-state index in [1.807, 2.05) is 0 Å². The van der Waals surface area contributed by atoms with Crippen LogP contribution in [-0.4, -0.2) is 24.4 Å². The summed E-state index contributed by atoms with van der Waals surface area (Å²) in [6.45, 7) is 2.69. The summed E-state index contributed by atoms with van der Waals surface area (Å²) >= 11 is 0. The molecule has 0 aliphatic heterocycles. The standard InChI is InChI=1S/C6H4F6O2/c1-2-3(13)14-4(7)5(8,9)6(10,11)12/h2,4H,1H2. The fourth-order valence-electron chi connectivity index (χ4n) is 0.353. The van der Waals surface area contributed by atoms with Gasteiger partial charge in [0, 0.05) is 6.08 Å². The van der Waals surface area contributed by atoms with E-state index >= 15 is 0 Å². The third-order valence-electron chi connectivity index (χ3n) is 1.05. The molecule has 8 heteroatoms. The maximum Gasteiger partial charge on any atom is 0.460 e. The van der Waals surface area contributed by atoms with Crippen LogP contribution in [0.15, 0.2) is 12.7 Å². The Bertz CT molecular complexity index is 233. The van der Waals surface area contributed by atoms with E-state index < -0.39 is 24.4 Å². The van der Waals surface area contributed by atoms with Gasteiger partial charge in [0.25, 0.3) is 0 Å². The molecule has 0 rings (SSSR count). The van der Waals surface area contributed by atoms with E-state index in [9.17, 15) is 31.1 Å². The molecule has 0 heterocycles. The maximum absolute atomic E-state index is 12.2. The summed E-state index contributed by atoms with van der Waals surface area (Å²) < 4.78 is 73.6. The highest BCUT2D eigenvalue weighted by Crippen LogP contribution is 2.39. The van der Waals surface area contributed by atoms with Crippen molar-refractivity contribution in [2.24, 2.45) is 0 Å². The van der Waals surface area contributed by atoms with E-state index in [1.165, 1.54) is 0 Å². The summed E-state index contributed by atoms with van der Waals surface area (Å²) in [7, 11) is 0. The van der Waals surface area contributed by atoms with Crippen molar-refractivity contribution in [1.29, 1.82) is 0 Å². The first-order chi connectivity index (χ1) is 6.13. The molecule has 1 atom stereocenters. The molecule has 0 bridgehead atoms. The lowest BCUT2D eigenvalue weighted by molar-refractivity contribution is -0.334. The summed E-state index contributed by atoms with van der Waals surface area (Å²) in [6.07, 6.45) is -9.93. The summed E-state index contributed by atoms with van der Waals surface area (Å²) in [6, 6.07) is 0. The smallest absolute Gasteiger partial charge is 0.421 e. The highest BCUT2D eigenvalue weighted by atomic mass is 19.4. The minimum Gasteiger partial charge on any atom is -0.421 e. The van der Waals surface area contributed by atoms with Gasteiger partial charge < -0.3 is 4.74 Å². The van der Waals surface area contributed by atoms with Crippen molar-refractivity contribution in [3.63, 3.8) is 0 Å². The van der Waals surface area contributed by atoms with Crippen molar-refractivity contribution in [3.05, 3.63) is 12.7 Å². The number of rotatable bonds is 3. The van der Waals surface area contributed by atoms with E-state index in [0.717, 1.165) is 0 Å². The molecular formula is C6H4F6O2. The van der Waals surface area contributed by atoms with Gasteiger partial charge in [-0.3, -0.25) is 0 Å². The Labute approximate surface area is 74.1 Å². The number of hydrogen-bond acceptors (Lipinski definition) is 2. The lowest BCUT2D eigenvalue weighted by atomic mass is 10.3. The first kappa shape index (κ1) is 12.8. The molecule has 0 fully saturated rings. The zero-order valence-electron chi connectivity index (χ0n) is 6.45. The zero-order chi connectivity index (χ0) is 11.6. The van der Waals surface area contributed by atoms with Crippen molar-refractivity contribution < 1.29 is 35.9 Å². The van der Waals surface area contributed by atoms with E-state index in [-0.39, 0.29) is 6.08 Å². The summed E-state index contributed by atoms with van der Waals surface area (Å²) in [4.78, 5) is 10.1. The first-order valence-corrected chi connectivity index (χ1v) is 3.04. The second-order valence-electron chi connectivity index (χ2n) is 2.08. The van der Waals surface area contributed by atoms with Crippen LogP contribution in [0.5, 0.6) is 0 Å². The van der Waals surface area contributed by atoms with Gasteiger partial charge in [-0.05, 0) is 0 Å². The van der Waals surface area contributed by atoms with Gasteiger partial charge >= 0.3 is 24.4 Å². The minimum absolute atomic E-state index is 0.263. The third-order valence-corrected chi connectivity index (χ3v) is 1.05. The minimum atomic E-state index is -6.12. The van der Waals surface area contributed by atoms with Crippen LogP contribution in [0, 0.1) is 0 Å². The van der Waals surface area contributed by atoms with Gasteiger partial charge in [-0.2, -0.15) is 26.3 Å². The molecule has 0 aromatic rings. The number of carbonyl (C=O) groups excluding carboxylic acids is 1. The van der Waals surface area contributed by atoms with Crippen LogP contribution >= 0.6 is 0 Å². The molecule has 0 saturated carbocycles. The Morgan fingerprint density at radius 3 is 2.00 bits per heavy atom. The fraction of sp³-hybridized carbons (Fsp3) is 0.500. The molecule has 0 amide bonds. The summed E-state index contributed by atoms with van der Waals surface area (Å²) in [5.74, 6) is -7.44. The molecule has 82 valence electrons. The molecule has 0 radical (unpaired) electrons. The van der Waals surface area contributed by atoms with Crippen molar-refractivity contribution in [2.75, 3.05) is 0 Å². The molecule has 0 aromatic heterocycles. The summed E-state index contributed by atoms with van der Waals surface area (Å²) in [5, 5.41) is 0. The van der Waals surface area contributed by atoms with E-state index in [2.05, 4.69) is 11.3 Å². The monoisotopic (exact) mass is 222 g/mol. The molecular weight excluding hydrogens is 218 g/mol. The Kier molecular flexibility index (Phi) is 3.55. The SMILES string of the molecule is C=CC(=O)OC(F)C(F)(F)C(F)(F)F. The van der Waals surface area contributed by atoms with Crippen LogP contribution in [0.1, 0.15) is 0 Å². The number of carbonyl (C=O) groups is 1. The van der Waals surface area contributed by atoms with E-state index in [4.69, 9.17) is 0 Å². The van der Waals surface area contributed by atoms with Gasteiger partial charge in [-0.1, -0.05) is 6.58 Å². The van der Waals surface area contributed by atoms with Crippen LogP contribution in [0.3, 0.4) is 0 Å². The van der Waals surface area contributed by atoms with Gasteiger partial charge in [0.15, 0.2) is 0 Å². The molecule has 0 aromatic carbocycles. The largest absolute Gasteiger partial charge is 0.460 e. The van der Waals surface area contributed by atoms with Gasteiger partial charge in [0.05, 0.1) is 0 Å². The Balaban J connectivity index is 4.59. The molecule has 0 aliphatic rings. The topological polar surface area (TPSA) is 26.3 Å². The van der Waals surface area contributed by atoms with Crippen molar-refractivity contribution >= 4 is 5.97 Å². The zero-order valence-corrected chi connectivity index (χ0v) is 6.45. The molecule has 0 aliphatic carbocycles. The van der Waals surface area contributed by atoms with Crippen LogP contribution in [0.4, 0.5) is 26.3 Å². The second-order valence-corrected chi connectivity index (χ2v) is 2.08.